The van der Waals surface area contributed by atoms with Gasteiger partial charge in [-0.2, -0.15) is 0 Å². The van der Waals surface area contributed by atoms with Crippen molar-refractivity contribution >= 4 is 11.8 Å². The Hall–Kier alpha value is -1.34. The summed E-state index contributed by atoms with van der Waals surface area (Å²) in [6.07, 6.45) is -0.158. The van der Waals surface area contributed by atoms with Crippen LogP contribution >= 0.6 is 0 Å². The van der Waals surface area contributed by atoms with Crippen LogP contribution in [-0.2, 0) is 14.3 Å². The number of carbonyl (C=O) groups excluding carboxylic acids is 1. The Morgan fingerprint density at radius 3 is 2.06 bits per heavy atom. The number of rotatable bonds is 6. The highest BCUT2D eigenvalue weighted by molar-refractivity contribution is 5.83. The van der Waals surface area contributed by atoms with Crippen LogP contribution in [0.25, 0.3) is 0 Å². The lowest BCUT2D eigenvalue weighted by Crippen LogP contribution is -2.26. The summed E-state index contributed by atoms with van der Waals surface area (Å²) in [5, 5.41) is 8.45. The van der Waals surface area contributed by atoms with Crippen molar-refractivity contribution in [1.82, 2.24) is 0 Å². The molecule has 0 aromatic rings. The summed E-state index contributed by atoms with van der Waals surface area (Å²) in [7, 11) is 0. The van der Waals surface area contributed by atoms with Gasteiger partial charge in [-0.25, -0.2) is 0 Å². The second-order valence-corrected chi connectivity index (χ2v) is 5.73. The molecule has 0 heterocycles. The highest BCUT2D eigenvalue weighted by Gasteiger charge is 2.18. The summed E-state index contributed by atoms with van der Waals surface area (Å²) in [5.74, 6) is 4.84. The van der Waals surface area contributed by atoms with Gasteiger partial charge in [-0.15, -0.1) is 0 Å². The maximum Gasteiger partial charge on any atom is 0.303 e. The normalized spacial score (nSPS) is 11.6. The maximum atomic E-state index is 11.4. The molecule has 4 heteroatoms. The Bertz CT molecular complexity index is 363. The summed E-state index contributed by atoms with van der Waals surface area (Å²) in [6, 6.07) is 0. The molecular weight excluding hydrogens is 232 g/mol. The van der Waals surface area contributed by atoms with Crippen LogP contribution in [0.5, 0.6) is 0 Å². The van der Waals surface area contributed by atoms with E-state index in [1.165, 1.54) is 0 Å². The number of ether oxygens (including phenoxy) is 1. The van der Waals surface area contributed by atoms with Crippen LogP contribution in [0.4, 0.5) is 0 Å². The van der Waals surface area contributed by atoms with Gasteiger partial charge in [-0.1, -0.05) is 11.8 Å². The minimum Gasteiger partial charge on any atom is -0.481 e. The zero-order valence-electron chi connectivity index (χ0n) is 11.8. The number of hydrogen-bond acceptors (Lipinski definition) is 3. The monoisotopic (exact) mass is 254 g/mol. The first-order valence-electron chi connectivity index (χ1n) is 5.94. The molecule has 0 aliphatic carbocycles. The van der Waals surface area contributed by atoms with E-state index >= 15 is 0 Å². The third kappa shape index (κ3) is 9.86. The molecular formula is C14H22O4. The standard InChI is InChI=1S/C14H22O4/c1-13(2,3)8-9-14(4,5)18-10-11(15)6-7-12(16)17/h6-7,10H2,1-5H3,(H,16,17). The molecule has 0 saturated heterocycles. The predicted molar refractivity (Wildman–Crippen MR) is 69.1 cm³/mol. The van der Waals surface area contributed by atoms with Crippen molar-refractivity contribution in [2.24, 2.45) is 5.41 Å². The van der Waals surface area contributed by atoms with Gasteiger partial charge in [0.1, 0.15) is 12.2 Å². The smallest absolute Gasteiger partial charge is 0.303 e. The van der Waals surface area contributed by atoms with Gasteiger partial charge >= 0.3 is 5.97 Å². The van der Waals surface area contributed by atoms with E-state index < -0.39 is 11.6 Å². The lowest BCUT2D eigenvalue weighted by molar-refractivity contribution is -0.139. The van der Waals surface area contributed by atoms with E-state index in [2.05, 4.69) is 11.8 Å². The summed E-state index contributed by atoms with van der Waals surface area (Å²) in [4.78, 5) is 21.7. The van der Waals surface area contributed by atoms with Crippen molar-refractivity contribution in [2.75, 3.05) is 6.61 Å². The molecule has 0 fully saturated rings. The molecule has 102 valence electrons. The molecule has 0 aliphatic heterocycles. The molecule has 0 unspecified atom stereocenters. The number of ketones is 1. The van der Waals surface area contributed by atoms with Crippen LogP contribution in [0.2, 0.25) is 0 Å². The van der Waals surface area contributed by atoms with Gasteiger partial charge in [0.15, 0.2) is 5.78 Å². The number of Topliss-reactive ketones (excluding diaryl/α,β-unsaturated/α-hetero) is 1. The fourth-order valence-electron chi connectivity index (χ4n) is 0.954. The minimum absolute atomic E-state index is 0.00187. The third-order valence-electron chi connectivity index (χ3n) is 1.95. The average Bonchev–Trinajstić information content (AvgIpc) is 2.20. The van der Waals surface area contributed by atoms with Crippen LogP contribution < -0.4 is 0 Å². The molecule has 0 aliphatic rings. The third-order valence-corrected chi connectivity index (χ3v) is 1.95. The van der Waals surface area contributed by atoms with Gasteiger partial charge < -0.3 is 9.84 Å². The first-order chi connectivity index (χ1) is 8.02. The second-order valence-electron chi connectivity index (χ2n) is 5.73. The van der Waals surface area contributed by atoms with Crippen molar-refractivity contribution < 1.29 is 19.4 Å². The quantitative estimate of drug-likeness (QED) is 0.738. The number of aliphatic carboxylic acids is 1. The van der Waals surface area contributed by atoms with Crippen molar-refractivity contribution in [3.8, 4) is 11.8 Å². The molecule has 4 nitrogen and oxygen atoms in total. The van der Waals surface area contributed by atoms with E-state index in [4.69, 9.17) is 9.84 Å². The van der Waals surface area contributed by atoms with Crippen LogP contribution in [-0.4, -0.2) is 29.1 Å². The summed E-state index contributed by atoms with van der Waals surface area (Å²) in [6.45, 7) is 9.46. The molecule has 0 aromatic carbocycles. The van der Waals surface area contributed by atoms with Crippen molar-refractivity contribution in [1.29, 1.82) is 0 Å². The van der Waals surface area contributed by atoms with E-state index in [0.717, 1.165) is 0 Å². The zero-order valence-corrected chi connectivity index (χ0v) is 11.8. The van der Waals surface area contributed by atoms with Gasteiger partial charge in [0.2, 0.25) is 0 Å². The van der Waals surface area contributed by atoms with Crippen LogP contribution in [0.15, 0.2) is 0 Å². The minimum atomic E-state index is -0.977. The van der Waals surface area contributed by atoms with Gasteiger partial charge in [0, 0.05) is 11.8 Å². The first kappa shape index (κ1) is 16.7. The van der Waals surface area contributed by atoms with E-state index in [1.54, 1.807) is 13.8 Å². The zero-order chi connectivity index (χ0) is 14.4. The van der Waals surface area contributed by atoms with Crippen LogP contribution in [0.3, 0.4) is 0 Å². The molecule has 0 rings (SSSR count). The van der Waals surface area contributed by atoms with Crippen LogP contribution in [0.1, 0.15) is 47.5 Å². The van der Waals surface area contributed by atoms with Crippen molar-refractivity contribution in [3.63, 3.8) is 0 Å². The molecule has 0 aromatic heterocycles. The Morgan fingerprint density at radius 2 is 1.61 bits per heavy atom. The summed E-state index contributed by atoms with van der Waals surface area (Å²) >= 11 is 0. The van der Waals surface area contributed by atoms with Crippen molar-refractivity contribution in [3.05, 3.63) is 0 Å². The van der Waals surface area contributed by atoms with Crippen LogP contribution in [0, 0.1) is 17.3 Å². The average molecular weight is 254 g/mol. The van der Waals surface area contributed by atoms with Gasteiger partial charge in [-0.05, 0) is 34.6 Å². The number of hydrogen-bond donors (Lipinski definition) is 1. The lowest BCUT2D eigenvalue weighted by atomic mass is 9.96. The molecule has 1 N–H and O–H groups in total. The molecule has 0 bridgehead atoms. The molecule has 0 atom stereocenters. The van der Waals surface area contributed by atoms with Gasteiger partial charge in [0.25, 0.3) is 0 Å². The van der Waals surface area contributed by atoms with E-state index in [1.807, 2.05) is 20.8 Å². The SMILES string of the molecule is CC(C)(C)C#CC(C)(C)OCC(=O)CCC(=O)O. The number of carbonyl (C=O) groups is 2. The molecule has 18 heavy (non-hydrogen) atoms. The fraction of sp³-hybridized carbons (Fsp3) is 0.714. The Kier molecular flexibility index (Phi) is 6.07. The largest absolute Gasteiger partial charge is 0.481 e. The highest BCUT2D eigenvalue weighted by Crippen LogP contribution is 2.14. The summed E-state index contributed by atoms with van der Waals surface area (Å²) < 4.78 is 5.40. The number of carboxylic acids is 1. The first-order valence-corrected chi connectivity index (χ1v) is 5.94. The molecule has 0 spiro atoms. The predicted octanol–water partition coefficient (Wildman–Crippen LogP) is 2.26. The fourth-order valence-corrected chi connectivity index (χ4v) is 0.954. The Labute approximate surface area is 109 Å². The number of carboxylic acid groups (broad SMARTS) is 1. The van der Waals surface area contributed by atoms with E-state index in [0.29, 0.717) is 0 Å². The molecule has 0 saturated carbocycles. The highest BCUT2D eigenvalue weighted by atomic mass is 16.5. The Morgan fingerprint density at radius 1 is 1.06 bits per heavy atom. The lowest BCUT2D eigenvalue weighted by Gasteiger charge is -2.19. The molecule has 0 amide bonds. The maximum absolute atomic E-state index is 11.4. The topological polar surface area (TPSA) is 63.6 Å². The van der Waals surface area contributed by atoms with E-state index in [-0.39, 0.29) is 30.6 Å². The molecule has 0 radical (unpaired) electrons. The van der Waals surface area contributed by atoms with Crippen molar-refractivity contribution in [2.45, 2.75) is 53.1 Å². The van der Waals surface area contributed by atoms with E-state index in [9.17, 15) is 9.59 Å². The van der Waals surface area contributed by atoms with Gasteiger partial charge in [0.05, 0.1) is 6.42 Å². The second kappa shape index (κ2) is 6.55. The van der Waals surface area contributed by atoms with Gasteiger partial charge in [-0.3, -0.25) is 9.59 Å². The summed E-state index contributed by atoms with van der Waals surface area (Å²) in [5.41, 5.74) is -0.819. The Balaban J connectivity index is 4.21.